The van der Waals surface area contributed by atoms with Gasteiger partial charge in [0.15, 0.2) is 0 Å². The Bertz CT molecular complexity index is 823. The Morgan fingerprint density at radius 1 is 1.33 bits per heavy atom. The van der Waals surface area contributed by atoms with Crippen molar-refractivity contribution in [2.45, 2.75) is 51.7 Å². The molecule has 1 fully saturated rings. The topological polar surface area (TPSA) is 84.6 Å². The van der Waals surface area contributed by atoms with Crippen LogP contribution in [0.2, 0.25) is 0 Å². The maximum atomic E-state index is 12.8. The second-order valence-electron chi connectivity index (χ2n) is 8.08. The zero-order chi connectivity index (χ0) is 19.0. The Hall–Kier alpha value is -2.34. The molecule has 4 rings (SSSR count). The van der Waals surface area contributed by atoms with Crippen LogP contribution in [0.15, 0.2) is 28.8 Å². The van der Waals surface area contributed by atoms with E-state index >= 15 is 0 Å². The molecule has 1 aromatic heterocycles. The molecule has 1 aliphatic carbocycles. The summed E-state index contributed by atoms with van der Waals surface area (Å²) in [6, 6.07) is 7.65. The molecule has 1 aliphatic heterocycles. The molecule has 2 heterocycles. The fraction of sp³-hybridized carbons (Fsp3) is 0.524. The zero-order valence-corrected chi connectivity index (χ0v) is 15.8. The fourth-order valence-corrected chi connectivity index (χ4v) is 3.92. The molecule has 2 aromatic rings. The molecule has 6 heteroatoms. The van der Waals surface area contributed by atoms with Crippen molar-refractivity contribution < 1.29 is 19.2 Å². The predicted octanol–water partition coefficient (Wildman–Crippen LogP) is 3.05. The van der Waals surface area contributed by atoms with Crippen molar-refractivity contribution >= 4 is 5.91 Å². The van der Waals surface area contributed by atoms with E-state index in [9.17, 15) is 9.90 Å². The van der Waals surface area contributed by atoms with Gasteiger partial charge >= 0.3 is 0 Å². The number of hydrogen-bond donors (Lipinski definition) is 2. The van der Waals surface area contributed by atoms with E-state index in [0.717, 1.165) is 29.8 Å². The Balaban J connectivity index is 1.53. The lowest BCUT2D eigenvalue weighted by Gasteiger charge is -2.38. The van der Waals surface area contributed by atoms with Gasteiger partial charge in [0, 0.05) is 12.5 Å². The normalized spacial score (nSPS) is 22.1. The van der Waals surface area contributed by atoms with Gasteiger partial charge in [-0.2, -0.15) is 0 Å². The van der Waals surface area contributed by atoms with Gasteiger partial charge in [-0.25, -0.2) is 0 Å². The van der Waals surface area contributed by atoms with Gasteiger partial charge in [0.1, 0.15) is 5.75 Å². The van der Waals surface area contributed by atoms with Crippen LogP contribution in [0.4, 0.5) is 0 Å². The van der Waals surface area contributed by atoms with E-state index in [1.807, 2.05) is 12.1 Å². The highest BCUT2D eigenvalue weighted by molar-refractivity contribution is 5.91. The maximum Gasteiger partial charge on any atom is 0.290 e. The minimum atomic E-state index is -0.282. The largest absolute Gasteiger partial charge is 0.493 e. The Morgan fingerprint density at radius 3 is 2.89 bits per heavy atom. The van der Waals surface area contributed by atoms with Gasteiger partial charge in [0.05, 0.1) is 24.4 Å². The van der Waals surface area contributed by atoms with Crippen molar-refractivity contribution in [1.29, 1.82) is 0 Å². The number of ether oxygens (including phenoxy) is 1. The fourth-order valence-electron chi connectivity index (χ4n) is 3.92. The third-order valence-electron chi connectivity index (χ3n) is 5.38. The number of carbonyl (C=O) groups is 1. The minimum Gasteiger partial charge on any atom is -0.493 e. The summed E-state index contributed by atoms with van der Waals surface area (Å²) < 4.78 is 10.8. The number of fused-ring (bicyclic) bond motifs is 1. The molecular weight excluding hydrogens is 344 g/mol. The smallest absolute Gasteiger partial charge is 0.290 e. The van der Waals surface area contributed by atoms with Crippen LogP contribution in [0.25, 0.3) is 0 Å². The molecule has 0 saturated heterocycles. The standard InChI is InChI=1S/C21H26N2O4/c1-12(2)7-16-11-19(27-23-16)21(25)22-20(15-9-17(24)10-15)14-3-4-18-13(8-14)5-6-26-18/h3-4,8,11-12,15,17,20,24H,5-7,9-10H2,1-2H3,(H,22,25)/t15?,17?,20-/m0/s1. The van der Waals surface area contributed by atoms with Crippen LogP contribution in [0.1, 0.15) is 60.1 Å². The van der Waals surface area contributed by atoms with Crippen LogP contribution < -0.4 is 10.1 Å². The van der Waals surface area contributed by atoms with Crippen LogP contribution in [0.3, 0.4) is 0 Å². The molecule has 1 amide bonds. The first kappa shape index (κ1) is 18.0. The summed E-state index contributed by atoms with van der Waals surface area (Å²) in [6.45, 7) is 4.91. The molecule has 1 aromatic carbocycles. The Labute approximate surface area is 158 Å². The van der Waals surface area contributed by atoms with Crippen LogP contribution in [0, 0.1) is 11.8 Å². The number of hydrogen-bond acceptors (Lipinski definition) is 5. The number of aromatic nitrogens is 1. The zero-order valence-electron chi connectivity index (χ0n) is 15.8. The second-order valence-corrected chi connectivity index (χ2v) is 8.08. The van der Waals surface area contributed by atoms with Crippen molar-refractivity contribution in [2.75, 3.05) is 6.61 Å². The van der Waals surface area contributed by atoms with E-state index in [1.165, 1.54) is 5.56 Å². The van der Waals surface area contributed by atoms with Gasteiger partial charge in [-0.05, 0) is 54.4 Å². The molecule has 2 aliphatic rings. The third-order valence-corrected chi connectivity index (χ3v) is 5.38. The highest BCUT2D eigenvalue weighted by atomic mass is 16.5. The van der Waals surface area contributed by atoms with E-state index in [4.69, 9.17) is 9.26 Å². The highest BCUT2D eigenvalue weighted by Crippen LogP contribution is 2.40. The van der Waals surface area contributed by atoms with E-state index in [0.29, 0.717) is 25.4 Å². The van der Waals surface area contributed by atoms with Crippen LogP contribution >= 0.6 is 0 Å². The molecule has 0 unspecified atom stereocenters. The van der Waals surface area contributed by atoms with Gasteiger partial charge in [-0.15, -0.1) is 0 Å². The maximum absolute atomic E-state index is 12.8. The monoisotopic (exact) mass is 370 g/mol. The molecule has 1 saturated carbocycles. The highest BCUT2D eigenvalue weighted by Gasteiger charge is 2.36. The summed E-state index contributed by atoms with van der Waals surface area (Å²) in [4.78, 5) is 12.8. The number of rotatable bonds is 6. The third kappa shape index (κ3) is 3.86. The summed E-state index contributed by atoms with van der Waals surface area (Å²) in [5, 5.41) is 16.9. The average Bonchev–Trinajstić information content (AvgIpc) is 3.25. The molecule has 27 heavy (non-hydrogen) atoms. The second kappa shape index (κ2) is 7.35. The van der Waals surface area contributed by atoms with Gasteiger partial charge in [0.25, 0.3) is 5.91 Å². The number of nitrogens with zero attached hydrogens (tertiary/aromatic N) is 1. The van der Waals surface area contributed by atoms with Gasteiger partial charge < -0.3 is 19.7 Å². The summed E-state index contributed by atoms with van der Waals surface area (Å²) in [6.07, 6.45) is 2.76. The van der Waals surface area contributed by atoms with E-state index < -0.39 is 0 Å². The predicted molar refractivity (Wildman–Crippen MR) is 99.6 cm³/mol. The first-order valence-corrected chi connectivity index (χ1v) is 9.69. The first-order valence-electron chi connectivity index (χ1n) is 9.69. The first-order chi connectivity index (χ1) is 13.0. The number of benzene rings is 1. The lowest BCUT2D eigenvalue weighted by Crippen LogP contribution is -2.41. The van der Waals surface area contributed by atoms with Crippen LogP contribution in [-0.4, -0.2) is 28.9 Å². The number of amides is 1. The van der Waals surface area contributed by atoms with Gasteiger partial charge in [0.2, 0.25) is 5.76 Å². The van der Waals surface area contributed by atoms with E-state index in [-0.39, 0.29) is 29.7 Å². The Kier molecular flexibility index (Phi) is 4.91. The number of carbonyl (C=O) groups excluding carboxylic acids is 1. The summed E-state index contributed by atoms with van der Waals surface area (Å²) in [5.74, 6) is 1.55. The molecule has 0 bridgehead atoms. The SMILES string of the molecule is CC(C)Cc1cc(C(=O)N[C@@H](c2ccc3c(c2)CCO3)C2CC(O)C2)on1. The van der Waals surface area contributed by atoms with Crippen molar-refractivity contribution in [3.8, 4) is 5.75 Å². The Morgan fingerprint density at radius 2 is 2.15 bits per heavy atom. The molecular formula is C21H26N2O4. The van der Waals surface area contributed by atoms with Crippen molar-refractivity contribution in [3.05, 3.63) is 46.8 Å². The lowest BCUT2D eigenvalue weighted by atomic mass is 9.75. The molecule has 144 valence electrons. The van der Waals surface area contributed by atoms with Gasteiger partial charge in [-0.1, -0.05) is 25.1 Å². The van der Waals surface area contributed by atoms with E-state index in [2.05, 4.69) is 30.4 Å². The summed E-state index contributed by atoms with van der Waals surface area (Å²) in [7, 11) is 0. The van der Waals surface area contributed by atoms with Crippen LogP contribution in [-0.2, 0) is 12.8 Å². The average molecular weight is 370 g/mol. The number of aliphatic hydroxyl groups excluding tert-OH is 1. The number of aliphatic hydroxyl groups is 1. The minimum absolute atomic E-state index is 0.162. The van der Waals surface area contributed by atoms with E-state index in [1.54, 1.807) is 6.07 Å². The molecule has 1 atom stereocenters. The lowest BCUT2D eigenvalue weighted by molar-refractivity contribution is 0.0231. The quantitative estimate of drug-likeness (QED) is 0.816. The molecule has 0 spiro atoms. The van der Waals surface area contributed by atoms with Crippen molar-refractivity contribution in [2.24, 2.45) is 11.8 Å². The molecule has 2 N–H and O–H groups in total. The molecule has 6 nitrogen and oxygen atoms in total. The molecule has 0 radical (unpaired) electrons. The summed E-state index contributed by atoms with van der Waals surface area (Å²) in [5.41, 5.74) is 3.01. The summed E-state index contributed by atoms with van der Waals surface area (Å²) >= 11 is 0. The number of nitrogens with one attached hydrogen (secondary N) is 1. The van der Waals surface area contributed by atoms with Gasteiger partial charge in [-0.3, -0.25) is 4.79 Å². The van der Waals surface area contributed by atoms with Crippen molar-refractivity contribution in [3.63, 3.8) is 0 Å². The van der Waals surface area contributed by atoms with Crippen molar-refractivity contribution in [1.82, 2.24) is 10.5 Å². The van der Waals surface area contributed by atoms with Crippen LogP contribution in [0.5, 0.6) is 5.75 Å².